The number of nitrogens with zero attached hydrogens (tertiary/aromatic N) is 4. The van der Waals surface area contributed by atoms with Crippen molar-refractivity contribution >= 4 is 5.91 Å². The Morgan fingerprint density at radius 2 is 1.67 bits per heavy atom. The third kappa shape index (κ3) is 4.06. The van der Waals surface area contributed by atoms with Crippen molar-refractivity contribution in [2.24, 2.45) is 0 Å². The topological polar surface area (TPSA) is 62.5 Å². The minimum Gasteiger partial charge on any atom is -0.419 e. The molecule has 1 fully saturated rings. The molecule has 1 aromatic heterocycles. The monoisotopic (exact) mass is 362 g/mol. The Morgan fingerprint density at radius 3 is 2.37 bits per heavy atom. The maximum absolute atomic E-state index is 12.5. The average molecular weight is 362 g/mol. The second-order valence-electron chi connectivity index (χ2n) is 6.80. The lowest BCUT2D eigenvalue weighted by atomic mass is 10.1. The van der Waals surface area contributed by atoms with Gasteiger partial charge in [0, 0.05) is 37.3 Å². The van der Waals surface area contributed by atoms with Gasteiger partial charge in [-0.1, -0.05) is 35.9 Å². The van der Waals surface area contributed by atoms with E-state index in [1.165, 1.54) is 5.56 Å². The Kier molecular flexibility index (Phi) is 4.98. The molecule has 0 unspecified atom stereocenters. The largest absolute Gasteiger partial charge is 0.419 e. The number of aryl methyl sites for hydroxylation is 1. The summed E-state index contributed by atoms with van der Waals surface area (Å²) < 4.78 is 5.81. The van der Waals surface area contributed by atoms with E-state index in [0.29, 0.717) is 31.4 Å². The Morgan fingerprint density at radius 1 is 0.963 bits per heavy atom. The van der Waals surface area contributed by atoms with Gasteiger partial charge in [0.2, 0.25) is 11.8 Å². The molecule has 1 amide bonds. The highest BCUT2D eigenvalue weighted by Gasteiger charge is 2.23. The highest BCUT2D eigenvalue weighted by Crippen LogP contribution is 2.19. The zero-order chi connectivity index (χ0) is 18.6. The summed E-state index contributed by atoms with van der Waals surface area (Å²) in [6.07, 6.45) is 0. The van der Waals surface area contributed by atoms with Crippen LogP contribution in [-0.4, -0.2) is 52.1 Å². The predicted molar refractivity (Wildman–Crippen MR) is 102 cm³/mol. The van der Waals surface area contributed by atoms with E-state index >= 15 is 0 Å². The Labute approximate surface area is 158 Å². The van der Waals surface area contributed by atoms with Gasteiger partial charge < -0.3 is 9.32 Å². The maximum atomic E-state index is 12.5. The summed E-state index contributed by atoms with van der Waals surface area (Å²) in [5.41, 5.74) is 2.87. The number of hydrogen-bond acceptors (Lipinski definition) is 5. The van der Waals surface area contributed by atoms with Crippen molar-refractivity contribution < 1.29 is 9.21 Å². The number of benzene rings is 2. The molecule has 0 aliphatic carbocycles. The van der Waals surface area contributed by atoms with Crippen molar-refractivity contribution in [2.75, 3.05) is 26.2 Å². The minimum absolute atomic E-state index is 0.0923. The van der Waals surface area contributed by atoms with Gasteiger partial charge in [0.05, 0.1) is 6.54 Å². The highest BCUT2D eigenvalue weighted by atomic mass is 16.4. The molecule has 0 spiro atoms. The van der Waals surface area contributed by atoms with Crippen molar-refractivity contribution in [3.63, 3.8) is 0 Å². The summed E-state index contributed by atoms with van der Waals surface area (Å²) in [4.78, 5) is 16.7. The minimum atomic E-state index is 0.0923. The molecule has 0 N–H and O–H groups in total. The molecule has 1 aliphatic rings. The molecule has 1 saturated heterocycles. The molecule has 6 nitrogen and oxygen atoms in total. The molecular weight excluding hydrogens is 340 g/mol. The van der Waals surface area contributed by atoms with Gasteiger partial charge in [0.15, 0.2) is 0 Å². The van der Waals surface area contributed by atoms with Gasteiger partial charge in [-0.25, -0.2) is 0 Å². The molecule has 2 heterocycles. The van der Waals surface area contributed by atoms with Crippen LogP contribution in [0.3, 0.4) is 0 Å². The van der Waals surface area contributed by atoms with Crippen LogP contribution in [-0.2, 0) is 6.54 Å². The van der Waals surface area contributed by atoms with Crippen LogP contribution >= 0.6 is 0 Å². The van der Waals surface area contributed by atoms with Crippen LogP contribution in [0.25, 0.3) is 11.5 Å². The summed E-state index contributed by atoms with van der Waals surface area (Å²) in [7, 11) is 0. The quantitative estimate of drug-likeness (QED) is 0.714. The van der Waals surface area contributed by atoms with Crippen molar-refractivity contribution in [1.29, 1.82) is 0 Å². The molecule has 0 saturated carbocycles. The van der Waals surface area contributed by atoms with Crippen molar-refractivity contribution in [2.45, 2.75) is 13.5 Å². The molecule has 0 radical (unpaired) electrons. The summed E-state index contributed by atoms with van der Waals surface area (Å²) in [6.45, 7) is 5.64. The molecule has 4 rings (SSSR count). The maximum Gasteiger partial charge on any atom is 0.253 e. The zero-order valence-corrected chi connectivity index (χ0v) is 15.3. The third-order valence-electron chi connectivity index (χ3n) is 4.80. The van der Waals surface area contributed by atoms with Crippen LogP contribution in [0, 0.1) is 6.92 Å². The van der Waals surface area contributed by atoms with Crippen LogP contribution in [0.15, 0.2) is 59.0 Å². The van der Waals surface area contributed by atoms with Gasteiger partial charge in [-0.15, -0.1) is 10.2 Å². The second-order valence-corrected chi connectivity index (χ2v) is 6.80. The molecule has 0 atom stereocenters. The van der Waals surface area contributed by atoms with Gasteiger partial charge in [-0.3, -0.25) is 9.69 Å². The fraction of sp³-hybridized carbons (Fsp3) is 0.286. The van der Waals surface area contributed by atoms with E-state index in [9.17, 15) is 4.79 Å². The van der Waals surface area contributed by atoms with Gasteiger partial charge in [-0.2, -0.15) is 0 Å². The first-order valence-corrected chi connectivity index (χ1v) is 9.15. The van der Waals surface area contributed by atoms with Gasteiger partial charge in [-0.05, 0) is 31.2 Å². The number of carbonyl (C=O) groups excluding carboxylic acids is 1. The van der Waals surface area contributed by atoms with E-state index < -0.39 is 0 Å². The normalized spacial score (nSPS) is 15.1. The molecular formula is C21H22N4O2. The summed E-state index contributed by atoms with van der Waals surface area (Å²) in [5.74, 6) is 1.24. The van der Waals surface area contributed by atoms with E-state index in [1.54, 1.807) is 0 Å². The third-order valence-corrected chi connectivity index (χ3v) is 4.80. The summed E-state index contributed by atoms with van der Waals surface area (Å²) >= 11 is 0. The van der Waals surface area contributed by atoms with Crippen LogP contribution in [0.4, 0.5) is 0 Å². The molecule has 0 bridgehead atoms. The van der Waals surface area contributed by atoms with E-state index in [-0.39, 0.29) is 5.91 Å². The van der Waals surface area contributed by atoms with Crippen LogP contribution in [0.2, 0.25) is 0 Å². The molecule has 138 valence electrons. The fourth-order valence-corrected chi connectivity index (χ4v) is 3.19. The summed E-state index contributed by atoms with van der Waals surface area (Å²) in [6, 6.07) is 17.5. The molecule has 3 aromatic rings. The lowest BCUT2D eigenvalue weighted by Gasteiger charge is -2.34. The van der Waals surface area contributed by atoms with Gasteiger partial charge in [0.1, 0.15) is 0 Å². The van der Waals surface area contributed by atoms with E-state index in [4.69, 9.17) is 4.42 Å². The number of piperazine rings is 1. The molecule has 1 aliphatic heterocycles. The lowest BCUT2D eigenvalue weighted by molar-refractivity contribution is 0.0618. The van der Waals surface area contributed by atoms with Crippen molar-refractivity contribution in [1.82, 2.24) is 20.0 Å². The summed E-state index contributed by atoms with van der Waals surface area (Å²) in [5, 5.41) is 8.33. The predicted octanol–water partition coefficient (Wildman–Crippen LogP) is 3.00. The number of amides is 1. The first-order valence-electron chi connectivity index (χ1n) is 9.15. The van der Waals surface area contributed by atoms with Gasteiger partial charge in [0.25, 0.3) is 5.91 Å². The average Bonchev–Trinajstić information content (AvgIpc) is 3.18. The Hall–Kier alpha value is -2.99. The highest BCUT2D eigenvalue weighted by molar-refractivity contribution is 5.94. The smallest absolute Gasteiger partial charge is 0.253 e. The van der Waals surface area contributed by atoms with Gasteiger partial charge >= 0.3 is 0 Å². The van der Waals surface area contributed by atoms with Crippen molar-refractivity contribution in [3.8, 4) is 11.5 Å². The number of rotatable bonds is 4. The van der Waals surface area contributed by atoms with E-state index in [1.807, 2.05) is 66.4 Å². The second kappa shape index (κ2) is 7.72. The van der Waals surface area contributed by atoms with Crippen LogP contribution in [0.1, 0.15) is 21.8 Å². The SMILES string of the molecule is Cc1ccc(-c2nnc(CN3CCN(C(=O)c4ccccc4)CC3)o2)cc1. The first kappa shape index (κ1) is 17.4. The van der Waals surface area contributed by atoms with Crippen LogP contribution < -0.4 is 0 Å². The molecule has 6 heteroatoms. The van der Waals surface area contributed by atoms with Crippen molar-refractivity contribution in [3.05, 3.63) is 71.6 Å². The standard InChI is InChI=1S/C21H22N4O2/c1-16-7-9-17(10-8-16)20-23-22-19(27-20)15-24-11-13-25(14-12-24)21(26)18-5-3-2-4-6-18/h2-10H,11-15H2,1H3. The van der Waals surface area contributed by atoms with E-state index in [0.717, 1.165) is 24.2 Å². The number of carbonyl (C=O) groups is 1. The first-order chi connectivity index (χ1) is 13.2. The Balaban J connectivity index is 1.33. The molecule has 27 heavy (non-hydrogen) atoms. The van der Waals surface area contributed by atoms with Crippen LogP contribution in [0.5, 0.6) is 0 Å². The zero-order valence-electron chi connectivity index (χ0n) is 15.3. The number of hydrogen-bond donors (Lipinski definition) is 0. The molecule has 2 aromatic carbocycles. The lowest BCUT2D eigenvalue weighted by Crippen LogP contribution is -2.48. The van der Waals surface area contributed by atoms with E-state index in [2.05, 4.69) is 15.1 Å². The Bertz CT molecular complexity index is 897. The fourth-order valence-electron chi connectivity index (χ4n) is 3.19. The number of aromatic nitrogens is 2.